The monoisotopic (exact) mass is 396 g/mol. The molecule has 1 aliphatic heterocycles. The third-order valence-electron chi connectivity index (χ3n) is 5.11. The Labute approximate surface area is 162 Å². The normalized spacial score (nSPS) is 21.4. The van der Waals surface area contributed by atoms with Crippen LogP contribution < -0.4 is 5.32 Å². The van der Waals surface area contributed by atoms with E-state index in [1.54, 1.807) is 4.90 Å². The highest BCUT2D eigenvalue weighted by Gasteiger charge is 2.40. The van der Waals surface area contributed by atoms with Crippen LogP contribution in [0.4, 0.5) is 10.1 Å². The second-order valence-corrected chi connectivity index (χ2v) is 7.49. The zero-order chi connectivity index (χ0) is 19.6. The van der Waals surface area contributed by atoms with Gasteiger partial charge in [0.1, 0.15) is 5.82 Å². The van der Waals surface area contributed by atoms with Crippen LogP contribution in [-0.4, -0.2) is 41.4 Å². The maximum atomic E-state index is 13.2. The number of likely N-dealkylation sites (tertiary alicyclic amines) is 1. The highest BCUT2D eigenvalue weighted by molar-refractivity contribution is 6.31. The molecule has 0 spiro atoms. The van der Waals surface area contributed by atoms with Gasteiger partial charge in [-0.25, -0.2) is 4.39 Å². The van der Waals surface area contributed by atoms with E-state index in [1.165, 1.54) is 19.1 Å². The van der Waals surface area contributed by atoms with Gasteiger partial charge in [-0.15, -0.1) is 0 Å². The number of benzene rings is 1. The number of anilines is 1. The number of carbonyl (C=O) groups is 3. The Morgan fingerprint density at radius 1 is 1.33 bits per heavy atom. The summed E-state index contributed by atoms with van der Waals surface area (Å²) in [5.41, 5.74) is 0.303. The molecule has 2 amide bonds. The first kappa shape index (κ1) is 19.6. The smallest absolute Gasteiger partial charge is 0.312 e. The summed E-state index contributed by atoms with van der Waals surface area (Å²) in [5, 5.41) is 2.41. The van der Waals surface area contributed by atoms with Crippen LogP contribution in [0.3, 0.4) is 0 Å². The third-order valence-corrected chi connectivity index (χ3v) is 5.40. The van der Waals surface area contributed by atoms with Crippen LogP contribution in [-0.2, 0) is 19.1 Å². The van der Waals surface area contributed by atoms with E-state index < -0.39 is 29.7 Å². The number of ether oxygens (including phenoxy) is 1. The molecule has 3 rings (SSSR count). The minimum Gasteiger partial charge on any atom is -0.452 e. The fourth-order valence-corrected chi connectivity index (χ4v) is 3.78. The summed E-state index contributed by atoms with van der Waals surface area (Å²) < 4.78 is 18.4. The maximum absolute atomic E-state index is 13.2. The molecule has 8 heteroatoms. The van der Waals surface area contributed by atoms with Crippen molar-refractivity contribution in [3.63, 3.8) is 0 Å². The fraction of sp³-hybridized carbons (Fsp3) is 0.526. The molecule has 6 nitrogen and oxygen atoms in total. The summed E-state index contributed by atoms with van der Waals surface area (Å²) in [6.45, 7) is 1.80. The predicted octanol–water partition coefficient (Wildman–Crippen LogP) is 3.14. The van der Waals surface area contributed by atoms with Gasteiger partial charge in [-0.2, -0.15) is 0 Å². The van der Waals surface area contributed by atoms with Gasteiger partial charge in [-0.05, 0) is 38.0 Å². The van der Waals surface area contributed by atoms with E-state index in [0.717, 1.165) is 31.7 Å². The van der Waals surface area contributed by atoms with Crippen LogP contribution in [0.2, 0.25) is 5.02 Å². The second-order valence-electron chi connectivity index (χ2n) is 7.08. The van der Waals surface area contributed by atoms with Crippen LogP contribution in [0.5, 0.6) is 0 Å². The van der Waals surface area contributed by atoms with E-state index in [4.69, 9.17) is 16.3 Å². The number of hydrogen-bond acceptors (Lipinski definition) is 4. The van der Waals surface area contributed by atoms with Crippen molar-refractivity contribution in [3.05, 3.63) is 29.0 Å². The average molecular weight is 397 g/mol. The number of amides is 2. The predicted molar refractivity (Wildman–Crippen MR) is 97.7 cm³/mol. The zero-order valence-electron chi connectivity index (χ0n) is 15.0. The lowest BCUT2D eigenvalue weighted by Crippen LogP contribution is -2.36. The van der Waals surface area contributed by atoms with E-state index in [1.807, 2.05) is 0 Å². The van der Waals surface area contributed by atoms with Crippen molar-refractivity contribution in [2.75, 3.05) is 11.9 Å². The molecule has 1 aromatic carbocycles. The molecule has 2 atom stereocenters. The topological polar surface area (TPSA) is 75.7 Å². The van der Waals surface area contributed by atoms with E-state index >= 15 is 0 Å². The SMILES string of the molecule is C[C@@H](OC(=O)[C@@H]1CC(=O)N(C2CCCC2)C1)C(=O)Nc1ccc(F)c(Cl)c1. The largest absolute Gasteiger partial charge is 0.452 e. The second kappa shape index (κ2) is 8.25. The van der Waals surface area contributed by atoms with E-state index in [0.29, 0.717) is 12.2 Å². The molecule has 2 fully saturated rings. The molecule has 1 aromatic rings. The number of esters is 1. The van der Waals surface area contributed by atoms with E-state index in [2.05, 4.69) is 5.32 Å². The maximum Gasteiger partial charge on any atom is 0.312 e. The van der Waals surface area contributed by atoms with E-state index in [9.17, 15) is 18.8 Å². The first-order chi connectivity index (χ1) is 12.8. The quantitative estimate of drug-likeness (QED) is 0.776. The Morgan fingerprint density at radius 3 is 2.70 bits per heavy atom. The summed E-state index contributed by atoms with van der Waals surface area (Å²) >= 11 is 5.68. The average Bonchev–Trinajstić information content (AvgIpc) is 3.27. The fourth-order valence-electron chi connectivity index (χ4n) is 3.60. The van der Waals surface area contributed by atoms with E-state index in [-0.39, 0.29) is 23.4 Å². The molecular weight excluding hydrogens is 375 g/mol. The molecule has 0 unspecified atom stereocenters. The number of nitrogens with one attached hydrogen (secondary N) is 1. The minimum atomic E-state index is -1.04. The van der Waals surface area contributed by atoms with Crippen LogP contribution in [0.25, 0.3) is 0 Å². The third kappa shape index (κ3) is 4.58. The molecule has 0 radical (unpaired) electrons. The molecule has 1 N–H and O–H groups in total. The first-order valence-corrected chi connectivity index (χ1v) is 9.49. The van der Waals surface area contributed by atoms with Crippen LogP contribution >= 0.6 is 11.6 Å². The van der Waals surface area contributed by atoms with Crippen LogP contribution in [0, 0.1) is 11.7 Å². The lowest BCUT2D eigenvalue weighted by atomic mass is 10.1. The standard InChI is InChI=1S/C19H22ClFN2O4/c1-11(18(25)22-13-6-7-16(21)15(20)9-13)27-19(26)12-8-17(24)23(10-12)14-4-2-3-5-14/h6-7,9,11-12,14H,2-5,8,10H2,1H3,(H,22,25)/t11-,12-/m1/s1. The highest BCUT2D eigenvalue weighted by atomic mass is 35.5. The van der Waals surface area contributed by atoms with Crippen molar-refractivity contribution in [2.24, 2.45) is 5.92 Å². The Balaban J connectivity index is 1.53. The van der Waals surface area contributed by atoms with Gasteiger partial charge in [0.2, 0.25) is 5.91 Å². The van der Waals surface area contributed by atoms with Crippen molar-refractivity contribution in [1.82, 2.24) is 4.90 Å². The van der Waals surface area contributed by atoms with Gasteiger partial charge in [0, 0.05) is 24.7 Å². The molecule has 146 valence electrons. The summed E-state index contributed by atoms with van der Waals surface area (Å²) in [6.07, 6.45) is 3.25. The van der Waals surface area contributed by atoms with Crippen molar-refractivity contribution in [3.8, 4) is 0 Å². The Hall–Kier alpha value is -2.15. The summed E-state index contributed by atoms with van der Waals surface area (Å²) in [4.78, 5) is 38.5. The van der Waals surface area contributed by atoms with Gasteiger partial charge in [-0.1, -0.05) is 24.4 Å². The number of rotatable bonds is 5. The number of hydrogen-bond donors (Lipinski definition) is 1. The number of nitrogens with zero attached hydrogens (tertiary/aromatic N) is 1. The van der Waals surface area contributed by atoms with Gasteiger partial charge >= 0.3 is 5.97 Å². The lowest BCUT2D eigenvalue weighted by molar-refractivity contribution is -0.157. The minimum absolute atomic E-state index is 0.0260. The molecule has 1 heterocycles. The van der Waals surface area contributed by atoms with Gasteiger partial charge in [0.05, 0.1) is 10.9 Å². The molecular formula is C19H22ClFN2O4. The molecule has 1 aliphatic carbocycles. The summed E-state index contributed by atoms with van der Waals surface area (Å²) in [7, 11) is 0. The Morgan fingerprint density at radius 2 is 2.04 bits per heavy atom. The van der Waals surface area contributed by atoms with Crippen molar-refractivity contribution >= 4 is 35.1 Å². The first-order valence-electron chi connectivity index (χ1n) is 9.11. The number of halogens is 2. The summed E-state index contributed by atoms with van der Waals surface area (Å²) in [6, 6.07) is 4.00. The number of carbonyl (C=O) groups excluding carboxylic acids is 3. The van der Waals surface area contributed by atoms with Crippen LogP contribution in [0.1, 0.15) is 39.0 Å². The molecule has 0 aromatic heterocycles. The van der Waals surface area contributed by atoms with Crippen molar-refractivity contribution in [1.29, 1.82) is 0 Å². The summed E-state index contributed by atoms with van der Waals surface area (Å²) in [5.74, 6) is -2.27. The molecule has 2 aliphatic rings. The Bertz CT molecular complexity index is 751. The van der Waals surface area contributed by atoms with Gasteiger partial charge in [0.25, 0.3) is 5.91 Å². The molecule has 1 saturated carbocycles. The lowest BCUT2D eigenvalue weighted by Gasteiger charge is -2.24. The highest BCUT2D eigenvalue weighted by Crippen LogP contribution is 2.30. The zero-order valence-corrected chi connectivity index (χ0v) is 15.8. The van der Waals surface area contributed by atoms with Gasteiger partial charge in [0.15, 0.2) is 6.10 Å². The molecule has 1 saturated heterocycles. The van der Waals surface area contributed by atoms with Gasteiger partial charge in [-0.3, -0.25) is 14.4 Å². The van der Waals surface area contributed by atoms with Crippen molar-refractivity contribution in [2.45, 2.75) is 51.2 Å². The van der Waals surface area contributed by atoms with Crippen LogP contribution in [0.15, 0.2) is 18.2 Å². The van der Waals surface area contributed by atoms with Gasteiger partial charge < -0.3 is 15.0 Å². The Kier molecular flexibility index (Phi) is 5.99. The molecule has 0 bridgehead atoms. The molecule has 27 heavy (non-hydrogen) atoms. The van der Waals surface area contributed by atoms with Crippen molar-refractivity contribution < 1.29 is 23.5 Å².